The summed E-state index contributed by atoms with van der Waals surface area (Å²) in [5.74, 6) is 1.18. The Bertz CT molecular complexity index is 1350. The van der Waals surface area contributed by atoms with E-state index in [1.807, 2.05) is 30.3 Å². The maximum atomic E-state index is 12.8. The number of rotatable bonds is 5. The summed E-state index contributed by atoms with van der Waals surface area (Å²) in [4.78, 5) is 33.3. The van der Waals surface area contributed by atoms with E-state index in [4.69, 9.17) is 11.6 Å². The van der Waals surface area contributed by atoms with Crippen LogP contribution in [-0.2, 0) is 0 Å². The number of hydrogen-bond acceptors (Lipinski definition) is 3. The monoisotopic (exact) mass is 486 g/mol. The summed E-state index contributed by atoms with van der Waals surface area (Å²) in [6.07, 6.45) is 4.40. The Morgan fingerprint density at radius 1 is 0.886 bits per heavy atom. The topological polar surface area (TPSA) is 86.9 Å². The molecule has 0 atom stereocenters. The van der Waals surface area contributed by atoms with Crippen LogP contribution in [0.2, 0.25) is 5.02 Å². The maximum Gasteiger partial charge on any atom is 0.255 e. The number of carbonyl (C=O) groups is 2. The summed E-state index contributed by atoms with van der Waals surface area (Å²) in [6.45, 7) is 2.27. The molecule has 0 radical (unpaired) electrons. The summed E-state index contributed by atoms with van der Waals surface area (Å²) in [6, 6.07) is 20.0. The fourth-order valence-electron chi connectivity index (χ4n) is 4.48. The lowest BCUT2D eigenvalue weighted by atomic mass is 9.87. The predicted octanol–water partition coefficient (Wildman–Crippen LogP) is 6.44. The number of hydrogen-bond donors (Lipinski definition) is 3. The van der Waals surface area contributed by atoms with Crippen molar-refractivity contribution in [1.82, 2.24) is 15.3 Å². The highest BCUT2D eigenvalue weighted by atomic mass is 35.5. The van der Waals surface area contributed by atoms with Gasteiger partial charge in [0, 0.05) is 33.4 Å². The van der Waals surface area contributed by atoms with Gasteiger partial charge in [-0.2, -0.15) is 0 Å². The highest BCUT2D eigenvalue weighted by Crippen LogP contribution is 2.25. The molecule has 178 valence electrons. The molecular weight excluding hydrogens is 460 g/mol. The van der Waals surface area contributed by atoms with E-state index in [0.717, 1.165) is 48.2 Å². The van der Waals surface area contributed by atoms with E-state index in [-0.39, 0.29) is 17.9 Å². The number of halogens is 1. The molecule has 1 aliphatic carbocycles. The van der Waals surface area contributed by atoms with Crippen LogP contribution in [0, 0.1) is 5.92 Å². The van der Waals surface area contributed by atoms with Crippen molar-refractivity contribution < 1.29 is 9.59 Å². The van der Waals surface area contributed by atoms with Crippen molar-refractivity contribution in [2.75, 3.05) is 5.32 Å². The summed E-state index contributed by atoms with van der Waals surface area (Å²) in [5.41, 5.74) is 4.28. The van der Waals surface area contributed by atoms with Crippen molar-refractivity contribution in [3.8, 4) is 11.4 Å². The van der Waals surface area contributed by atoms with Gasteiger partial charge in [-0.05, 0) is 86.2 Å². The van der Waals surface area contributed by atoms with E-state index in [1.165, 1.54) is 0 Å². The molecule has 35 heavy (non-hydrogen) atoms. The first kappa shape index (κ1) is 23.1. The molecule has 1 fully saturated rings. The first-order chi connectivity index (χ1) is 16.9. The molecule has 0 unspecified atom stereocenters. The third-order valence-electron chi connectivity index (χ3n) is 6.62. The van der Waals surface area contributed by atoms with Gasteiger partial charge in [0.05, 0.1) is 11.0 Å². The zero-order chi connectivity index (χ0) is 24.4. The smallest absolute Gasteiger partial charge is 0.255 e. The second kappa shape index (κ2) is 9.92. The van der Waals surface area contributed by atoms with Crippen molar-refractivity contribution in [3.63, 3.8) is 0 Å². The summed E-state index contributed by atoms with van der Waals surface area (Å²) < 4.78 is 0. The Morgan fingerprint density at radius 2 is 1.57 bits per heavy atom. The SMILES string of the molecule is CC1CCC(NC(=O)c2ccc3nc(-c4ccc(C(=O)Nc5ccc(Cl)cc5)cc4)[nH]c3c2)CC1. The molecule has 2 amide bonds. The van der Waals surface area contributed by atoms with Gasteiger partial charge in [-0.25, -0.2) is 4.98 Å². The molecule has 5 rings (SSSR count). The Labute approximate surface area is 209 Å². The number of nitrogens with zero attached hydrogens (tertiary/aromatic N) is 1. The molecule has 3 aromatic carbocycles. The number of nitrogens with one attached hydrogen (secondary N) is 3. The van der Waals surface area contributed by atoms with E-state index >= 15 is 0 Å². The van der Waals surface area contributed by atoms with Gasteiger partial charge in [-0.3, -0.25) is 9.59 Å². The van der Waals surface area contributed by atoms with Crippen LogP contribution in [0.3, 0.4) is 0 Å². The van der Waals surface area contributed by atoms with Gasteiger partial charge in [0.15, 0.2) is 0 Å². The number of H-pyrrole nitrogens is 1. The van der Waals surface area contributed by atoms with Gasteiger partial charge in [-0.15, -0.1) is 0 Å². The van der Waals surface area contributed by atoms with Gasteiger partial charge in [0.1, 0.15) is 5.82 Å². The van der Waals surface area contributed by atoms with E-state index in [0.29, 0.717) is 27.7 Å². The fraction of sp³-hybridized carbons (Fsp3) is 0.250. The van der Waals surface area contributed by atoms with E-state index in [1.54, 1.807) is 36.4 Å². The fourth-order valence-corrected chi connectivity index (χ4v) is 4.60. The zero-order valence-corrected chi connectivity index (χ0v) is 20.2. The van der Waals surface area contributed by atoms with Gasteiger partial charge in [0.25, 0.3) is 11.8 Å². The third kappa shape index (κ3) is 5.38. The molecule has 0 aliphatic heterocycles. The second-order valence-electron chi connectivity index (χ2n) is 9.29. The van der Waals surface area contributed by atoms with Crippen molar-refractivity contribution in [1.29, 1.82) is 0 Å². The Morgan fingerprint density at radius 3 is 2.29 bits per heavy atom. The number of benzene rings is 3. The molecule has 1 heterocycles. The number of amides is 2. The maximum absolute atomic E-state index is 12.8. The van der Waals surface area contributed by atoms with Crippen LogP contribution < -0.4 is 10.6 Å². The lowest BCUT2D eigenvalue weighted by Crippen LogP contribution is -2.37. The van der Waals surface area contributed by atoms with Crippen LogP contribution in [0.15, 0.2) is 66.7 Å². The van der Waals surface area contributed by atoms with Crippen molar-refractivity contribution in [2.45, 2.75) is 38.6 Å². The van der Waals surface area contributed by atoms with Crippen LogP contribution in [0.25, 0.3) is 22.4 Å². The minimum atomic E-state index is -0.202. The number of aromatic amines is 1. The van der Waals surface area contributed by atoms with E-state index in [2.05, 4.69) is 27.5 Å². The molecule has 0 bridgehead atoms. The van der Waals surface area contributed by atoms with Gasteiger partial charge < -0.3 is 15.6 Å². The average molecular weight is 487 g/mol. The summed E-state index contributed by atoms with van der Waals surface area (Å²) >= 11 is 5.90. The number of imidazole rings is 1. The van der Waals surface area contributed by atoms with Gasteiger partial charge in [0.2, 0.25) is 0 Å². The molecule has 0 spiro atoms. The Balaban J connectivity index is 1.27. The van der Waals surface area contributed by atoms with Crippen LogP contribution in [0.4, 0.5) is 5.69 Å². The van der Waals surface area contributed by atoms with E-state index in [9.17, 15) is 9.59 Å². The quantitative estimate of drug-likeness (QED) is 0.303. The molecule has 1 aliphatic rings. The van der Waals surface area contributed by atoms with Crippen LogP contribution in [0.1, 0.15) is 53.3 Å². The minimum absolute atomic E-state index is 0.0429. The van der Waals surface area contributed by atoms with Crippen molar-refractivity contribution >= 4 is 40.1 Å². The third-order valence-corrected chi connectivity index (χ3v) is 6.87. The molecule has 3 N–H and O–H groups in total. The summed E-state index contributed by atoms with van der Waals surface area (Å²) in [7, 11) is 0. The standard InChI is InChI=1S/C28H27ClN4O2/c1-17-2-11-22(12-3-17)31-28(35)20-8-15-24-25(16-20)33-26(32-24)18-4-6-19(7-5-18)27(34)30-23-13-9-21(29)10-14-23/h4-10,13-17,22H,2-3,11-12H2,1H3,(H,30,34)(H,31,35)(H,32,33). The van der Waals surface area contributed by atoms with Crippen LogP contribution in [-0.4, -0.2) is 27.8 Å². The first-order valence-electron chi connectivity index (χ1n) is 11.9. The minimum Gasteiger partial charge on any atom is -0.349 e. The largest absolute Gasteiger partial charge is 0.349 e. The highest BCUT2D eigenvalue weighted by Gasteiger charge is 2.20. The number of aromatic nitrogens is 2. The number of anilines is 1. The highest BCUT2D eigenvalue weighted by molar-refractivity contribution is 6.30. The van der Waals surface area contributed by atoms with E-state index < -0.39 is 0 Å². The Hall–Kier alpha value is -3.64. The molecular formula is C28H27ClN4O2. The van der Waals surface area contributed by atoms with Gasteiger partial charge in [-0.1, -0.05) is 30.7 Å². The predicted molar refractivity (Wildman–Crippen MR) is 140 cm³/mol. The number of carbonyl (C=O) groups excluding carboxylic acids is 2. The molecule has 4 aromatic rings. The molecule has 1 saturated carbocycles. The molecule has 0 saturated heterocycles. The van der Waals surface area contributed by atoms with Crippen LogP contribution >= 0.6 is 11.6 Å². The zero-order valence-electron chi connectivity index (χ0n) is 19.5. The lowest BCUT2D eigenvalue weighted by Gasteiger charge is -2.26. The molecule has 6 nitrogen and oxygen atoms in total. The summed E-state index contributed by atoms with van der Waals surface area (Å²) in [5, 5.41) is 6.65. The second-order valence-corrected chi connectivity index (χ2v) is 9.72. The van der Waals surface area contributed by atoms with Crippen molar-refractivity contribution in [2.24, 2.45) is 5.92 Å². The van der Waals surface area contributed by atoms with Crippen molar-refractivity contribution in [3.05, 3.63) is 82.9 Å². The normalized spacial score (nSPS) is 17.8. The Kier molecular flexibility index (Phi) is 6.55. The molecule has 1 aromatic heterocycles. The molecule has 7 heteroatoms. The average Bonchev–Trinajstić information content (AvgIpc) is 3.30. The van der Waals surface area contributed by atoms with Crippen LogP contribution in [0.5, 0.6) is 0 Å². The van der Waals surface area contributed by atoms with Gasteiger partial charge >= 0.3 is 0 Å². The first-order valence-corrected chi connectivity index (χ1v) is 12.3. The lowest BCUT2D eigenvalue weighted by molar-refractivity contribution is 0.0922. The number of fused-ring (bicyclic) bond motifs is 1.